The van der Waals surface area contributed by atoms with Gasteiger partial charge in [0.15, 0.2) is 0 Å². The number of piperidine rings is 1. The summed E-state index contributed by atoms with van der Waals surface area (Å²) in [6.07, 6.45) is 1.40. The molecule has 1 heterocycles. The minimum absolute atomic E-state index is 0.0284. The molecule has 7 nitrogen and oxygen atoms in total. The van der Waals surface area contributed by atoms with Crippen LogP contribution in [0.1, 0.15) is 30.9 Å². The lowest BCUT2D eigenvalue weighted by Crippen LogP contribution is -2.41. The van der Waals surface area contributed by atoms with Crippen LogP contribution in [0.5, 0.6) is 0 Å². The largest absolute Gasteiger partial charge is 0.326 e. The van der Waals surface area contributed by atoms with Crippen molar-refractivity contribution in [2.24, 2.45) is 5.92 Å². The van der Waals surface area contributed by atoms with Gasteiger partial charge < -0.3 is 16.0 Å². The zero-order valence-electron chi connectivity index (χ0n) is 18.3. The van der Waals surface area contributed by atoms with E-state index in [2.05, 4.69) is 26.9 Å². The van der Waals surface area contributed by atoms with E-state index in [1.165, 1.54) is 6.92 Å². The van der Waals surface area contributed by atoms with Gasteiger partial charge in [0.2, 0.25) is 17.7 Å². The Hall–Kier alpha value is -3.19. The van der Waals surface area contributed by atoms with Crippen molar-refractivity contribution in [1.29, 1.82) is 0 Å². The van der Waals surface area contributed by atoms with Crippen LogP contribution in [-0.2, 0) is 14.4 Å². The molecule has 0 unspecified atom stereocenters. The van der Waals surface area contributed by atoms with Crippen LogP contribution in [0.2, 0.25) is 0 Å². The van der Waals surface area contributed by atoms with Gasteiger partial charge in [0, 0.05) is 29.9 Å². The first-order valence-corrected chi connectivity index (χ1v) is 10.6. The molecule has 0 aromatic heterocycles. The maximum Gasteiger partial charge on any atom is 0.238 e. The van der Waals surface area contributed by atoms with Gasteiger partial charge in [0.05, 0.1) is 6.54 Å². The molecule has 3 rings (SSSR count). The molecule has 0 bridgehead atoms. The fourth-order valence-corrected chi connectivity index (χ4v) is 3.93. The van der Waals surface area contributed by atoms with E-state index in [9.17, 15) is 14.4 Å². The lowest BCUT2D eigenvalue weighted by Gasteiger charge is -2.30. The first-order valence-electron chi connectivity index (χ1n) is 10.6. The number of hydrogen-bond donors (Lipinski definition) is 3. The minimum Gasteiger partial charge on any atom is -0.326 e. The number of likely N-dealkylation sites (tertiary alicyclic amines) is 1. The van der Waals surface area contributed by atoms with Crippen molar-refractivity contribution in [2.75, 3.05) is 35.6 Å². The maximum atomic E-state index is 12.6. The highest BCUT2D eigenvalue weighted by Crippen LogP contribution is 2.21. The number of rotatable bonds is 6. The molecule has 3 amide bonds. The van der Waals surface area contributed by atoms with Gasteiger partial charge in [-0.05, 0) is 81.2 Å². The maximum absolute atomic E-state index is 12.6. The summed E-state index contributed by atoms with van der Waals surface area (Å²) in [6, 6.07) is 13.1. The van der Waals surface area contributed by atoms with E-state index >= 15 is 0 Å². The van der Waals surface area contributed by atoms with E-state index < -0.39 is 0 Å². The first-order chi connectivity index (χ1) is 14.8. The Balaban J connectivity index is 1.46. The summed E-state index contributed by atoms with van der Waals surface area (Å²) in [5.74, 6) is -0.317. The van der Waals surface area contributed by atoms with Gasteiger partial charge in [-0.2, -0.15) is 0 Å². The van der Waals surface area contributed by atoms with E-state index in [-0.39, 0.29) is 23.6 Å². The van der Waals surface area contributed by atoms with Crippen molar-refractivity contribution in [3.05, 3.63) is 53.6 Å². The van der Waals surface area contributed by atoms with E-state index in [0.717, 1.165) is 16.8 Å². The van der Waals surface area contributed by atoms with E-state index in [0.29, 0.717) is 43.9 Å². The fourth-order valence-electron chi connectivity index (χ4n) is 3.93. The van der Waals surface area contributed by atoms with Gasteiger partial charge in [-0.1, -0.05) is 12.1 Å². The Morgan fingerprint density at radius 1 is 0.871 bits per heavy atom. The Labute approximate surface area is 183 Å². The highest BCUT2D eigenvalue weighted by atomic mass is 16.2. The lowest BCUT2D eigenvalue weighted by atomic mass is 9.95. The van der Waals surface area contributed by atoms with E-state index in [1.54, 1.807) is 24.3 Å². The second-order valence-electron chi connectivity index (χ2n) is 8.23. The number of carbonyl (C=O) groups excluding carboxylic acids is 3. The number of nitrogens with zero attached hydrogens (tertiary/aromatic N) is 1. The molecule has 0 radical (unpaired) electrons. The van der Waals surface area contributed by atoms with Crippen LogP contribution < -0.4 is 16.0 Å². The van der Waals surface area contributed by atoms with Gasteiger partial charge in [0.1, 0.15) is 0 Å². The summed E-state index contributed by atoms with van der Waals surface area (Å²) in [5.41, 5.74) is 4.36. The molecule has 3 N–H and O–H groups in total. The molecule has 2 aromatic carbocycles. The van der Waals surface area contributed by atoms with Crippen LogP contribution >= 0.6 is 0 Å². The molecule has 1 saturated heterocycles. The van der Waals surface area contributed by atoms with Crippen molar-refractivity contribution in [3.8, 4) is 0 Å². The Kier molecular flexibility index (Phi) is 7.41. The fraction of sp³-hybridized carbons (Fsp3) is 0.375. The Morgan fingerprint density at radius 3 is 2.10 bits per heavy atom. The predicted octanol–water partition coefficient (Wildman–Crippen LogP) is 3.55. The lowest BCUT2D eigenvalue weighted by molar-refractivity contribution is -0.121. The molecule has 0 aliphatic carbocycles. The number of benzene rings is 2. The average Bonchev–Trinajstić information content (AvgIpc) is 2.67. The predicted molar refractivity (Wildman–Crippen MR) is 123 cm³/mol. The third-order valence-electron chi connectivity index (χ3n) is 5.28. The molecule has 164 valence electrons. The molecule has 2 aromatic rings. The summed E-state index contributed by atoms with van der Waals surface area (Å²) in [6.45, 7) is 7.18. The molecule has 0 atom stereocenters. The molecule has 1 fully saturated rings. The van der Waals surface area contributed by atoms with Crippen LogP contribution in [0, 0.1) is 19.8 Å². The van der Waals surface area contributed by atoms with Crippen LogP contribution in [0.25, 0.3) is 0 Å². The number of hydrogen-bond acceptors (Lipinski definition) is 4. The van der Waals surface area contributed by atoms with Crippen molar-refractivity contribution in [2.45, 2.75) is 33.6 Å². The van der Waals surface area contributed by atoms with Gasteiger partial charge in [-0.15, -0.1) is 0 Å². The smallest absolute Gasteiger partial charge is 0.238 e. The highest BCUT2D eigenvalue weighted by Gasteiger charge is 2.26. The Morgan fingerprint density at radius 2 is 1.48 bits per heavy atom. The molecule has 0 spiro atoms. The van der Waals surface area contributed by atoms with Crippen LogP contribution in [0.4, 0.5) is 17.1 Å². The number of aryl methyl sites for hydroxylation is 2. The number of nitrogens with one attached hydrogen (secondary N) is 3. The molecule has 1 aliphatic heterocycles. The minimum atomic E-state index is -0.155. The zero-order valence-corrected chi connectivity index (χ0v) is 18.3. The number of anilines is 3. The molecule has 0 saturated carbocycles. The second-order valence-corrected chi connectivity index (χ2v) is 8.23. The second kappa shape index (κ2) is 10.2. The summed E-state index contributed by atoms with van der Waals surface area (Å²) >= 11 is 0. The van der Waals surface area contributed by atoms with Crippen molar-refractivity contribution in [3.63, 3.8) is 0 Å². The summed E-state index contributed by atoms with van der Waals surface area (Å²) in [4.78, 5) is 38.3. The SMILES string of the molecule is CC(=O)Nc1cccc(NC(=O)C2CCN(CC(=O)Nc3cc(C)cc(C)c3)CC2)c1. The van der Waals surface area contributed by atoms with E-state index in [1.807, 2.05) is 26.0 Å². The topological polar surface area (TPSA) is 90.5 Å². The van der Waals surface area contributed by atoms with Crippen molar-refractivity contribution in [1.82, 2.24) is 4.90 Å². The molecular weight excluding hydrogens is 392 g/mol. The third-order valence-corrected chi connectivity index (χ3v) is 5.28. The monoisotopic (exact) mass is 422 g/mol. The summed E-state index contributed by atoms with van der Waals surface area (Å²) < 4.78 is 0. The van der Waals surface area contributed by atoms with Crippen LogP contribution in [0.15, 0.2) is 42.5 Å². The van der Waals surface area contributed by atoms with E-state index in [4.69, 9.17) is 0 Å². The van der Waals surface area contributed by atoms with Crippen molar-refractivity contribution >= 4 is 34.8 Å². The molecular formula is C24H30N4O3. The van der Waals surface area contributed by atoms with Crippen molar-refractivity contribution < 1.29 is 14.4 Å². The first kappa shape index (κ1) is 22.5. The molecule has 7 heteroatoms. The highest BCUT2D eigenvalue weighted by molar-refractivity contribution is 5.95. The average molecular weight is 423 g/mol. The van der Waals surface area contributed by atoms with Crippen LogP contribution in [0.3, 0.4) is 0 Å². The summed E-state index contributed by atoms with van der Waals surface area (Å²) in [7, 11) is 0. The third kappa shape index (κ3) is 6.93. The zero-order chi connectivity index (χ0) is 22.4. The molecule has 31 heavy (non-hydrogen) atoms. The quantitative estimate of drug-likeness (QED) is 0.664. The number of carbonyl (C=O) groups is 3. The number of amides is 3. The standard InChI is InChI=1S/C24H30N4O3/c1-16-11-17(2)13-22(12-16)26-23(30)15-28-9-7-19(8-10-28)24(31)27-21-6-4-5-20(14-21)25-18(3)29/h4-6,11-14,19H,7-10,15H2,1-3H3,(H,25,29)(H,26,30)(H,27,31). The summed E-state index contributed by atoms with van der Waals surface area (Å²) in [5, 5.41) is 8.61. The van der Waals surface area contributed by atoms with Gasteiger partial charge in [0.25, 0.3) is 0 Å². The van der Waals surface area contributed by atoms with Gasteiger partial charge in [-0.25, -0.2) is 0 Å². The van der Waals surface area contributed by atoms with Gasteiger partial charge in [-0.3, -0.25) is 19.3 Å². The Bertz CT molecular complexity index is 945. The van der Waals surface area contributed by atoms with Crippen LogP contribution in [-0.4, -0.2) is 42.3 Å². The molecule has 1 aliphatic rings. The van der Waals surface area contributed by atoms with Gasteiger partial charge >= 0.3 is 0 Å². The normalized spacial score (nSPS) is 14.7.